The molecular formula is C6H12N2O3S. The molecule has 0 saturated carbocycles. The molecule has 0 spiro atoms. The van der Waals surface area contributed by atoms with E-state index in [-0.39, 0.29) is 0 Å². The van der Waals surface area contributed by atoms with E-state index >= 15 is 0 Å². The lowest BCUT2D eigenvalue weighted by Gasteiger charge is -2.07. The number of hydrogen-bond donors (Lipinski definition) is 2. The number of nitrogens with one attached hydrogen (secondary N) is 2. The summed E-state index contributed by atoms with van der Waals surface area (Å²) < 4.78 is 25.7. The zero-order chi connectivity index (χ0) is 9.35. The summed E-state index contributed by atoms with van der Waals surface area (Å²) in [5, 5.41) is 0. The van der Waals surface area contributed by atoms with Crippen molar-refractivity contribution in [2.45, 2.75) is 26.3 Å². The monoisotopic (exact) mass is 192 g/mol. The fourth-order valence-corrected chi connectivity index (χ4v) is 2.14. The minimum absolute atomic E-state index is 0.293. The highest BCUT2D eigenvalue weighted by molar-refractivity contribution is 7.88. The van der Waals surface area contributed by atoms with Gasteiger partial charge in [0.2, 0.25) is 0 Å². The van der Waals surface area contributed by atoms with Gasteiger partial charge in [0.25, 0.3) is 5.91 Å². The van der Waals surface area contributed by atoms with Crippen molar-refractivity contribution < 1.29 is 13.2 Å². The van der Waals surface area contributed by atoms with Gasteiger partial charge in [-0.15, -0.1) is 0 Å². The Morgan fingerprint density at radius 3 is 2.42 bits per heavy atom. The molecule has 70 valence electrons. The van der Waals surface area contributed by atoms with Crippen LogP contribution in [-0.4, -0.2) is 20.4 Å². The molecule has 1 saturated heterocycles. The van der Waals surface area contributed by atoms with Crippen LogP contribution in [-0.2, 0) is 15.0 Å². The molecule has 1 aliphatic heterocycles. The van der Waals surface area contributed by atoms with E-state index in [4.69, 9.17) is 0 Å². The first-order chi connectivity index (χ1) is 5.41. The van der Waals surface area contributed by atoms with E-state index in [1.807, 2.05) is 18.6 Å². The quantitative estimate of drug-likeness (QED) is 0.611. The third-order valence-electron chi connectivity index (χ3n) is 1.56. The summed E-state index contributed by atoms with van der Waals surface area (Å²) >= 11 is 0. The standard InChI is InChI=1S/C6H12N2O3S/c1-4(2)3-5-6(9)8-12(10,11)7-5/h4-5,7H,3H2,1-2H3,(H,8,9)/t5-/m0/s1. The first-order valence-electron chi connectivity index (χ1n) is 3.74. The number of carbonyl (C=O) groups is 1. The lowest BCUT2D eigenvalue weighted by Crippen LogP contribution is -2.30. The van der Waals surface area contributed by atoms with Crippen LogP contribution in [0.25, 0.3) is 0 Å². The van der Waals surface area contributed by atoms with E-state index in [0.29, 0.717) is 12.3 Å². The van der Waals surface area contributed by atoms with Crippen LogP contribution >= 0.6 is 0 Å². The van der Waals surface area contributed by atoms with Crippen molar-refractivity contribution in [1.29, 1.82) is 0 Å². The molecule has 0 aromatic rings. The molecule has 1 amide bonds. The molecule has 12 heavy (non-hydrogen) atoms. The van der Waals surface area contributed by atoms with Crippen LogP contribution in [0.4, 0.5) is 0 Å². The predicted octanol–water partition coefficient (Wildman–Crippen LogP) is -0.635. The normalized spacial score (nSPS) is 27.6. The third kappa shape index (κ3) is 2.18. The average molecular weight is 192 g/mol. The van der Waals surface area contributed by atoms with Gasteiger partial charge in [-0.05, 0) is 12.3 Å². The summed E-state index contributed by atoms with van der Waals surface area (Å²) in [5.41, 5.74) is 0. The van der Waals surface area contributed by atoms with Crippen LogP contribution in [0.15, 0.2) is 0 Å². The maximum atomic E-state index is 11.0. The third-order valence-corrected chi connectivity index (χ3v) is 2.62. The summed E-state index contributed by atoms with van der Waals surface area (Å²) in [6.45, 7) is 3.86. The first-order valence-corrected chi connectivity index (χ1v) is 5.23. The van der Waals surface area contributed by atoms with Crippen LogP contribution in [0.3, 0.4) is 0 Å². The van der Waals surface area contributed by atoms with Gasteiger partial charge in [0.1, 0.15) is 6.04 Å². The Labute approximate surface area is 71.7 Å². The second kappa shape index (κ2) is 3.02. The Morgan fingerprint density at radius 1 is 1.50 bits per heavy atom. The largest absolute Gasteiger partial charge is 0.302 e. The van der Waals surface area contributed by atoms with Gasteiger partial charge in [-0.1, -0.05) is 13.8 Å². The molecule has 2 N–H and O–H groups in total. The van der Waals surface area contributed by atoms with Crippen LogP contribution in [0.5, 0.6) is 0 Å². The van der Waals surface area contributed by atoms with Gasteiger partial charge in [0, 0.05) is 0 Å². The summed E-state index contributed by atoms with van der Waals surface area (Å²) in [7, 11) is -3.54. The molecule has 0 aromatic carbocycles. The van der Waals surface area contributed by atoms with Crippen LogP contribution in [0.2, 0.25) is 0 Å². The Morgan fingerprint density at radius 2 is 2.08 bits per heavy atom. The maximum Gasteiger partial charge on any atom is 0.302 e. The smallest absolute Gasteiger partial charge is 0.272 e. The van der Waals surface area contributed by atoms with Crippen molar-refractivity contribution in [1.82, 2.24) is 9.44 Å². The van der Waals surface area contributed by atoms with Gasteiger partial charge in [-0.3, -0.25) is 4.79 Å². The van der Waals surface area contributed by atoms with E-state index in [9.17, 15) is 13.2 Å². The summed E-state index contributed by atoms with van der Waals surface area (Å²) in [6, 6.07) is -0.588. The lowest BCUT2D eigenvalue weighted by atomic mass is 10.0. The van der Waals surface area contributed by atoms with E-state index < -0.39 is 22.2 Å². The van der Waals surface area contributed by atoms with E-state index in [1.54, 1.807) is 0 Å². The number of carbonyl (C=O) groups excluding carboxylic acids is 1. The molecule has 1 rings (SSSR count). The number of rotatable bonds is 2. The Balaban J connectivity index is 2.65. The summed E-state index contributed by atoms with van der Waals surface area (Å²) in [6.07, 6.45) is 0.533. The van der Waals surface area contributed by atoms with Gasteiger partial charge < -0.3 is 0 Å². The molecule has 5 nitrogen and oxygen atoms in total. The molecule has 0 bridgehead atoms. The van der Waals surface area contributed by atoms with Crippen LogP contribution < -0.4 is 9.44 Å². The van der Waals surface area contributed by atoms with Crippen molar-refractivity contribution in [2.75, 3.05) is 0 Å². The van der Waals surface area contributed by atoms with Gasteiger partial charge >= 0.3 is 10.2 Å². The molecule has 0 aliphatic carbocycles. The molecule has 0 aromatic heterocycles. The first kappa shape index (κ1) is 9.47. The van der Waals surface area contributed by atoms with Crippen molar-refractivity contribution >= 4 is 16.1 Å². The molecule has 0 unspecified atom stereocenters. The van der Waals surface area contributed by atoms with Gasteiger partial charge in [0.15, 0.2) is 0 Å². The van der Waals surface area contributed by atoms with Gasteiger partial charge in [-0.25, -0.2) is 4.72 Å². The molecular weight excluding hydrogens is 180 g/mol. The second-order valence-corrected chi connectivity index (χ2v) is 4.72. The Kier molecular flexibility index (Phi) is 2.39. The maximum absolute atomic E-state index is 11.0. The molecule has 1 heterocycles. The Hall–Kier alpha value is -0.620. The van der Waals surface area contributed by atoms with E-state index in [2.05, 4.69) is 4.72 Å². The van der Waals surface area contributed by atoms with Gasteiger partial charge in [0.05, 0.1) is 0 Å². The topological polar surface area (TPSA) is 75.3 Å². The molecule has 1 aliphatic rings. The minimum atomic E-state index is -3.54. The fraction of sp³-hybridized carbons (Fsp3) is 0.833. The summed E-state index contributed by atoms with van der Waals surface area (Å²) in [5.74, 6) is -0.162. The molecule has 1 fully saturated rings. The number of amides is 1. The zero-order valence-corrected chi connectivity index (χ0v) is 7.81. The van der Waals surface area contributed by atoms with Crippen molar-refractivity contribution in [3.63, 3.8) is 0 Å². The molecule has 6 heteroatoms. The van der Waals surface area contributed by atoms with Crippen molar-refractivity contribution in [2.24, 2.45) is 5.92 Å². The van der Waals surface area contributed by atoms with Gasteiger partial charge in [-0.2, -0.15) is 13.1 Å². The SMILES string of the molecule is CC(C)C[C@@H]1NS(=O)(=O)NC1=O. The Bertz CT molecular complexity index is 283. The lowest BCUT2D eigenvalue weighted by molar-refractivity contribution is -0.120. The minimum Gasteiger partial charge on any atom is -0.272 e. The average Bonchev–Trinajstić information content (AvgIpc) is 2.03. The highest BCUT2D eigenvalue weighted by Crippen LogP contribution is 2.09. The van der Waals surface area contributed by atoms with Crippen molar-refractivity contribution in [3.8, 4) is 0 Å². The zero-order valence-electron chi connectivity index (χ0n) is 6.99. The van der Waals surface area contributed by atoms with Crippen LogP contribution in [0, 0.1) is 5.92 Å². The molecule has 0 radical (unpaired) electrons. The van der Waals surface area contributed by atoms with Crippen LogP contribution in [0.1, 0.15) is 20.3 Å². The molecule has 1 atom stereocenters. The van der Waals surface area contributed by atoms with E-state index in [0.717, 1.165) is 0 Å². The summed E-state index contributed by atoms with van der Waals surface area (Å²) in [4.78, 5) is 11.0. The number of hydrogen-bond acceptors (Lipinski definition) is 3. The van der Waals surface area contributed by atoms with Crippen molar-refractivity contribution in [3.05, 3.63) is 0 Å². The highest BCUT2D eigenvalue weighted by atomic mass is 32.2. The predicted molar refractivity (Wildman–Crippen MR) is 43.4 cm³/mol. The fourth-order valence-electron chi connectivity index (χ4n) is 1.10. The second-order valence-electron chi connectivity index (χ2n) is 3.27. The van der Waals surface area contributed by atoms with E-state index in [1.165, 1.54) is 0 Å². The highest BCUT2D eigenvalue weighted by Gasteiger charge is 2.34.